The summed E-state index contributed by atoms with van der Waals surface area (Å²) >= 11 is 1.35. The highest BCUT2D eigenvalue weighted by molar-refractivity contribution is 14.1. The molecule has 1 rings (SSSR count). The van der Waals surface area contributed by atoms with Gasteiger partial charge in [0, 0.05) is 6.20 Å². The average molecular weight is 325 g/mol. The summed E-state index contributed by atoms with van der Waals surface area (Å²) in [5, 5.41) is 0. The molecule has 0 saturated heterocycles. The predicted molar refractivity (Wildman–Crippen MR) is 43.6 cm³/mol. The second kappa shape index (κ2) is 3.83. The first-order chi connectivity index (χ1) is 6.31. The van der Waals surface area contributed by atoms with Crippen molar-refractivity contribution in [2.45, 2.75) is 6.36 Å². The molecule has 0 radical (unpaired) electrons. The fourth-order valence-electron chi connectivity index (χ4n) is 0.636. The molecule has 0 atom stereocenters. The van der Waals surface area contributed by atoms with Crippen LogP contribution in [-0.2, 0) is 0 Å². The molecule has 0 aromatic carbocycles. The number of hydrogen-bond acceptors (Lipinski definition) is 2. The highest BCUT2D eigenvalue weighted by atomic mass is 127. The van der Waals surface area contributed by atoms with Gasteiger partial charge in [-0.3, -0.25) is 0 Å². The molecule has 1 heterocycles. The molecule has 0 fully saturated rings. The van der Waals surface area contributed by atoms with Gasteiger partial charge >= 0.3 is 6.36 Å². The van der Waals surface area contributed by atoms with Gasteiger partial charge in [-0.25, -0.2) is 4.98 Å². The van der Waals surface area contributed by atoms with Gasteiger partial charge in [-0.05, 0) is 22.6 Å². The first kappa shape index (κ1) is 11.4. The van der Waals surface area contributed by atoms with Gasteiger partial charge in [0.2, 0.25) is 5.82 Å². The molecular weight excluding hydrogens is 324 g/mol. The Morgan fingerprint density at radius 2 is 1.86 bits per heavy atom. The van der Waals surface area contributed by atoms with Crippen LogP contribution in [0.2, 0.25) is 0 Å². The SMILES string of the molecule is Fc1ncc(I)c(OC(F)(F)F)c1F. The Balaban J connectivity index is 3.13. The molecule has 2 nitrogen and oxygen atoms in total. The van der Waals surface area contributed by atoms with E-state index in [9.17, 15) is 22.0 Å². The molecule has 0 aliphatic carbocycles. The molecule has 0 spiro atoms. The van der Waals surface area contributed by atoms with Crippen molar-refractivity contribution in [1.29, 1.82) is 0 Å². The van der Waals surface area contributed by atoms with Crippen LogP contribution in [-0.4, -0.2) is 11.3 Å². The Morgan fingerprint density at radius 3 is 2.36 bits per heavy atom. The number of rotatable bonds is 1. The molecule has 0 bridgehead atoms. The maximum Gasteiger partial charge on any atom is 0.573 e. The van der Waals surface area contributed by atoms with Crippen molar-refractivity contribution in [2.75, 3.05) is 0 Å². The zero-order valence-corrected chi connectivity index (χ0v) is 8.36. The summed E-state index contributed by atoms with van der Waals surface area (Å²) in [7, 11) is 0. The maximum atomic E-state index is 12.7. The smallest absolute Gasteiger partial charge is 0.401 e. The summed E-state index contributed by atoms with van der Waals surface area (Å²) in [5.74, 6) is -4.59. The topological polar surface area (TPSA) is 22.1 Å². The number of halogens is 6. The van der Waals surface area contributed by atoms with Crippen LogP contribution in [0, 0.1) is 15.3 Å². The minimum Gasteiger partial charge on any atom is -0.401 e. The fraction of sp³-hybridized carbons (Fsp3) is 0.167. The number of hydrogen-bond donors (Lipinski definition) is 0. The monoisotopic (exact) mass is 325 g/mol. The van der Waals surface area contributed by atoms with E-state index in [4.69, 9.17) is 0 Å². The van der Waals surface area contributed by atoms with Crippen LogP contribution in [0.25, 0.3) is 0 Å². The van der Waals surface area contributed by atoms with Crippen LogP contribution in [0.4, 0.5) is 22.0 Å². The van der Waals surface area contributed by atoms with Gasteiger partial charge in [0.05, 0.1) is 3.57 Å². The number of nitrogens with zero attached hydrogens (tertiary/aromatic N) is 1. The van der Waals surface area contributed by atoms with Gasteiger partial charge in [-0.1, -0.05) is 0 Å². The Kier molecular flexibility index (Phi) is 3.12. The van der Waals surface area contributed by atoms with Gasteiger partial charge in [-0.15, -0.1) is 13.2 Å². The zero-order valence-electron chi connectivity index (χ0n) is 6.20. The van der Waals surface area contributed by atoms with Gasteiger partial charge in [0.25, 0.3) is 5.95 Å². The molecule has 0 N–H and O–H groups in total. The van der Waals surface area contributed by atoms with Crippen LogP contribution >= 0.6 is 22.6 Å². The lowest BCUT2D eigenvalue weighted by atomic mass is 10.4. The van der Waals surface area contributed by atoms with Crippen molar-refractivity contribution in [1.82, 2.24) is 4.98 Å². The average Bonchev–Trinajstić information content (AvgIpc) is 2.04. The van der Waals surface area contributed by atoms with Gasteiger partial charge < -0.3 is 4.74 Å². The summed E-state index contributed by atoms with van der Waals surface area (Å²) in [6.45, 7) is 0. The Labute approximate surface area is 88.2 Å². The molecule has 0 unspecified atom stereocenters. The van der Waals surface area contributed by atoms with Gasteiger partial charge in [0.15, 0.2) is 5.75 Å². The third-order valence-electron chi connectivity index (χ3n) is 1.11. The van der Waals surface area contributed by atoms with E-state index < -0.39 is 23.9 Å². The number of ether oxygens (including phenoxy) is 1. The van der Waals surface area contributed by atoms with Crippen LogP contribution in [0.1, 0.15) is 0 Å². The Bertz CT molecular complexity index is 353. The second-order valence-electron chi connectivity index (χ2n) is 2.09. The van der Waals surface area contributed by atoms with E-state index in [-0.39, 0.29) is 3.57 Å². The minimum atomic E-state index is -5.06. The highest BCUT2D eigenvalue weighted by Gasteiger charge is 2.34. The maximum absolute atomic E-state index is 12.7. The standard InChI is InChI=1S/C6HF5INO/c7-3-4(14-6(9,10)11)2(12)1-13-5(3)8/h1H. The van der Waals surface area contributed by atoms with E-state index in [0.717, 1.165) is 6.20 Å². The summed E-state index contributed by atoms with van der Waals surface area (Å²) in [4.78, 5) is 2.87. The first-order valence-corrected chi connectivity index (χ1v) is 4.14. The summed E-state index contributed by atoms with van der Waals surface area (Å²) in [6, 6.07) is 0. The van der Waals surface area contributed by atoms with Crippen molar-refractivity contribution in [3.05, 3.63) is 21.5 Å². The van der Waals surface area contributed by atoms with Gasteiger partial charge in [0.1, 0.15) is 0 Å². The van der Waals surface area contributed by atoms with Crippen LogP contribution in [0.5, 0.6) is 5.75 Å². The van der Waals surface area contributed by atoms with Crippen molar-refractivity contribution in [3.8, 4) is 5.75 Å². The molecule has 0 aliphatic rings. The van der Waals surface area contributed by atoms with Crippen LogP contribution < -0.4 is 4.74 Å². The quantitative estimate of drug-likeness (QED) is 0.450. The number of pyridine rings is 1. The van der Waals surface area contributed by atoms with E-state index >= 15 is 0 Å². The van der Waals surface area contributed by atoms with E-state index in [0.29, 0.717) is 0 Å². The molecular formula is C6HF5INO. The summed E-state index contributed by atoms with van der Waals surface area (Å²) in [5.41, 5.74) is 0. The summed E-state index contributed by atoms with van der Waals surface area (Å²) in [6.07, 6.45) is -4.32. The Morgan fingerprint density at radius 1 is 1.29 bits per heavy atom. The highest BCUT2D eigenvalue weighted by Crippen LogP contribution is 2.30. The lowest BCUT2D eigenvalue weighted by Crippen LogP contribution is -2.19. The predicted octanol–water partition coefficient (Wildman–Crippen LogP) is 2.86. The number of alkyl halides is 3. The molecule has 0 aliphatic heterocycles. The fourth-order valence-corrected chi connectivity index (χ4v) is 1.12. The Hall–Kier alpha value is -0.670. The molecule has 1 aromatic heterocycles. The normalized spacial score (nSPS) is 11.6. The van der Waals surface area contributed by atoms with E-state index in [1.54, 1.807) is 0 Å². The summed E-state index contributed by atoms with van der Waals surface area (Å²) < 4.78 is 63.2. The van der Waals surface area contributed by atoms with Crippen molar-refractivity contribution < 1.29 is 26.7 Å². The molecule has 14 heavy (non-hydrogen) atoms. The zero-order chi connectivity index (χ0) is 10.9. The third-order valence-corrected chi connectivity index (χ3v) is 1.87. The molecule has 1 aromatic rings. The molecule has 0 amide bonds. The van der Waals surface area contributed by atoms with Crippen LogP contribution in [0.15, 0.2) is 6.20 Å². The molecule has 8 heteroatoms. The number of aromatic nitrogens is 1. The van der Waals surface area contributed by atoms with Gasteiger partial charge in [-0.2, -0.15) is 8.78 Å². The van der Waals surface area contributed by atoms with Crippen LogP contribution in [0.3, 0.4) is 0 Å². The molecule has 0 saturated carbocycles. The van der Waals surface area contributed by atoms with Crippen molar-refractivity contribution in [2.24, 2.45) is 0 Å². The third kappa shape index (κ3) is 2.66. The lowest BCUT2D eigenvalue weighted by Gasteiger charge is -2.10. The first-order valence-electron chi connectivity index (χ1n) is 3.06. The van der Waals surface area contributed by atoms with E-state index in [2.05, 4.69) is 9.72 Å². The van der Waals surface area contributed by atoms with Crippen molar-refractivity contribution >= 4 is 22.6 Å². The second-order valence-corrected chi connectivity index (χ2v) is 3.25. The largest absolute Gasteiger partial charge is 0.573 e. The van der Waals surface area contributed by atoms with Crippen molar-refractivity contribution in [3.63, 3.8) is 0 Å². The van der Waals surface area contributed by atoms with E-state index in [1.165, 1.54) is 22.6 Å². The minimum absolute atomic E-state index is 0.265. The molecule has 78 valence electrons. The van der Waals surface area contributed by atoms with E-state index in [1.807, 2.05) is 0 Å². The lowest BCUT2D eigenvalue weighted by molar-refractivity contribution is -0.276.